The van der Waals surface area contributed by atoms with Crippen molar-refractivity contribution in [1.29, 1.82) is 0 Å². The molecule has 0 unspecified atom stereocenters. The normalized spacial score (nSPS) is 11.2. The molecule has 0 radical (unpaired) electrons. The average Bonchev–Trinajstić information content (AvgIpc) is 3.18. The summed E-state index contributed by atoms with van der Waals surface area (Å²) in [5, 5.41) is 9.87. The van der Waals surface area contributed by atoms with Crippen LogP contribution < -0.4 is 5.56 Å². The van der Waals surface area contributed by atoms with Crippen molar-refractivity contribution in [1.82, 2.24) is 19.2 Å². The number of benzene rings is 2. The number of Topliss-reactive ketones (excluding diaryl/α,β-unsaturated/α-hetero) is 1. The Morgan fingerprint density at radius 3 is 2.67 bits per heavy atom. The monoisotopic (exact) mass is 482 g/mol. The Morgan fingerprint density at radius 1 is 1.13 bits per heavy atom. The molecule has 152 valence electrons. The molecule has 0 aliphatic carbocycles. The Balaban J connectivity index is 1.55. The first-order valence-corrected chi connectivity index (χ1v) is 11.3. The number of halogens is 1. The number of carbonyl (C=O) groups is 1. The van der Waals surface area contributed by atoms with Crippen molar-refractivity contribution in [2.45, 2.75) is 24.5 Å². The molecule has 4 rings (SSSR count). The van der Waals surface area contributed by atoms with Crippen LogP contribution in [0.3, 0.4) is 0 Å². The molecular weight excluding hydrogens is 464 g/mol. The molecule has 0 saturated carbocycles. The van der Waals surface area contributed by atoms with Crippen molar-refractivity contribution in [3.63, 3.8) is 0 Å². The zero-order chi connectivity index (χ0) is 21.1. The van der Waals surface area contributed by atoms with Gasteiger partial charge in [0.2, 0.25) is 5.78 Å². The summed E-state index contributed by atoms with van der Waals surface area (Å²) in [6, 6.07) is 14.8. The highest BCUT2D eigenvalue weighted by Gasteiger charge is 2.16. The van der Waals surface area contributed by atoms with Gasteiger partial charge < -0.3 is 0 Å². The van der Waals surface area contributed by atoms with Crippen LogP contribution in [-0.4, -0.2) is 30.7 Å². The molecular formula is C22H19BrN4O2S. The molecule has 4 aromatic rings. The molecule has 0 fully saturated rings. The second-order valence-corrected chi connectivity index (χ2v) is 8.70. The number of carbonyl (C=O) groups excluding carboxylic acids is 1. The van der Waals surface area contributed by atoms with Crippen LogP contribution in [0.25, 0.3) is 16.7 Å². The highest BCUT2D eigenvalue weighted by Crippen LogP contribution is 2.23. The number of hydrogen-bond acceptors (Lipinski definition) is 5. The molecule has 0 bridgehead atoms. The summed E-state index contributed by atoms with van der Waals surface area (Å²) in [5.41, 5.74) is 1.38. The average molecular weight is 483 g/mol. The molecule has 0 amide bonds. The predicted octanol–water partition coefficient (Wildman–Crippen LogP) is 4.75. The van der Waals surface area contributed by atoms with Gasteiger partial charge in [-0.1, -0.05) is 58.0 Å². The van der Waals surface area contributed by atoms with Gasteiger partial charge >= 0.3 is 0 Å². The standard InChI is InChI=1S/C22H19BrN4O2S/c1-2-13-26-20(29)17-6-3-4-7-18(17)27-21(26)24-25-22(27)30-14-5-8-19(28)15-9-11-16(23)12-10-15/h2-4,6-7,9-12H,1,5,8,13-14H2. The lowest BCUT2D eigenvalue weighted by atomic mass is 10.1. The summed E-state index contributed by atoms with van der Waals surface area (Å²) in [4.78, 5) is 25.2. The Kier molecular flexibility index (Phi) is 6.15. The minimum Gasteiger partial charge on any atom is -0.294 e. The molecule has 0 aliphatic rings. The first-order valence-electron chi connectivity index (χ1n) is 9.49. The predicted molar refractivity (Wildman–Crippen MR) is 123 cm³/mol. The van der Waals surface area contributed by atoms with Crippen molar-refractivity contribution < 1.29 is 4.79 Å². The van der Waals surface area contributed by atoms with E-state index in [2.05, 4.69) is 32.7 Å². The van der Waals surface area contributed by atoms with Gasteiger partial charge in [-0.25, -0.2) is 0 Å². The number of hydrogen-bond donors (Lipinski definition) is 0. The van der Waals surface area contributed by atoms with E-state index in [-0.39, 0.29) is 11.3 Å². The molecule has 2 aromatic heterocycles. The minimum atomic E-state index is -0.109. The topological polar surface area (TPSA) is 69.3 Å². The molecule has 0 aliphatic heterocycles. The van der Waals surface area contributed by atoms with Crippen LogP contribution >= 0.6 is 27.7 Å². The van der Waals surface area contributed by atoms with E-state index in [1.807, 2.05) is 52.9 Å². The summed E-state index contributed by atoms with van der Waals surface area (Å²) in [6.07, 6.45) is 2.86. The summed E-state index contributed by atoms with van der Waals surface area (Å²) < 4.78 is 4.43. The van der Waals surface area contributed by atoms with Crippen molar-refractivity contribution in [3.8, 4) is 0 Å². The molecule has 2 aromatic carbocycles. The Labute approximate surface area is 185 Å². The van der Waals surface area contributed by atoms with E-state index in [0.717, 1.165) is 27.7 Å². The summed E-state index contributed by atoms with van der Waals surface area (Å²) in [6.45, 7) is 4.10. The Morgan fingerprint density at radius 2 is 1.90 bits per heavy atom. The van der Waals surface area contributed by atoms with Crippen LogP contribution in [0, 0.1) is 0 Å². The van der Waals surface area contributed by atoms with Crippen LogP contribution in [0.2, 0.25) is 0 Å². The molecule has 2 heterocycles. The molecule has 0 saturated heterocycles. The minimum absolute atomic E-state index is 0.109. The third-order valence-electron chi connectivity index (χ3n) is 4.74. The van der Waals surface area contributed by atoms with Gasteiger partial charge in [-0.15, -0.1) is 16.8 Å². The maximum absolute atomic E-state index is 12.8. The van der Waals surface area contributed by atoms with Crippen molar-refractivity contribution in [2.75, 3.05) is 5.75 Å². The molecule has 30 heavy (non-hydrogen) atoms. The van der Waals surface area contributed by atoms with Gasteiger partial charge in [0.05, 0.1) is 10.9 Å². The number of ketones is 1. The number of rotatable bonds is 8. The smallest absolute Gasteiger partial charge is 0.263 e. The lowest BCUT2D eigenvalue weighted by Crippen LogP contribution is -2.22. The SMILES string of the molecule is C=CCn1c(=O)c2ccccc2n2c(SCCCC(=O)c3ccc(Br)cc3)nnc12. The van der Waals surface area contributed by atoms with E-state index in [1.54, 1.807) is 10.6 Å². The molecule has 6 nitrogen and oxygen atoms in total. The number of thioether (sulfide) groups is 1. The lowest BCUT2D eigenvalue weighted by Gasteiger charge is -2.09. The molecule has 0 N–H and O–H groups in total. The van der Waals surface area contributed by atoms with E-state index >= 15 is 0 Å². The fraction of sp³-hybridized carbons (Fsp3) is 0.182. The van der Waals surface area contributed by atoms with E-state index in [1.165, 1.54) is 11.8 Å². The zero-order valence-electron chi connectivity index (χ0n) is 16.1. The van der Waals surface area contributed by atoms with Gasteiger partial charge in [0.15, 0.2) is 10.9 Å². The Hall–Kier alpha value is -2.71. The van der Waals surface area contributed by atoms with Crippen LogP contribution in [0.4, 0.5) is 0 Å². The molecule has 0 spiro atoms. The number of nitrogens with zero attached hydrogens (tertiary/aromatic N) is 4. The van der Waals surface area contributed by atoms with Gasteiger partial charge in [0.1, 0.15) is 0 Å². The van der Waals surface area contributed by atoms with E-state index in [4.69, 9.17) is 0 Å². The van der Waals surface area contributed by atoms with E-state index < -0.39 is 0 Å². The van der Waals surface area contributed by atoms with Crippen LogP contribution in [0.15, 0.2) is 75.6 Å². The van der Waals surface area contributed by atoms with Crippen molar-refractivity contribution in [2.24, 2.45) is 0 Å². The van der Waals surface area contributed by atoms with Gasteiger partial charge in [-0.05, 0) is 30.7 Å². The largest absolute Gasteiger partial charge is 0.294 e. The molecule has 8 heteroatoms. The Bertz CT molecular complexity index is 1290. The van der Waals surface area contributed by atoms with Crippen molar-refractivity contribution in [3.05, 3.63) is 81.6 Å². The first-order chi connectivity index (χ1) is 14.6. The number of para-hydroxylation sites is 1. The first kappa shape index (κ1) is 20.6. The maximum atomic E-state index is 12.8. The van der Waals surface area contributed by atoms with E-state index in [0.29, 0.717) is 29.3 Å². The summed E-state index contributed by atoms with van der Waals surface area (Å²) >= 11 is 4.91. The number of fused-ring (bicyclic) bond motifs is 3. The van der Waals surface area contributed by atoms with Crippen molar-refractivity contribution >= 4 is 50.2 Å². The van der Waals surface area contributed by atoms with Gasteiger partial charge in [-0.3, -0.25) is 18.6 Å². The highest BCUT2D eigenvalue weighted by molar-refractivity contribution is 9.10. The second kappa shape index (κ2) is 8.97. The summed E-state index contributed by atoms with van der Waals surface area (Å²) in [7, 11) is 0. The third kappa shape index (κ3) is 3.97. The van der Waals surface area contributed by atoms with Gasteiger partial charge in [0, 0.05) is 28.8 Å². The zero-order valence-corrected chi connectivity index (χ0v) is 18.5. The fourth-order valence-corrected chi connectivity index (χ4v) is 4.44. The highest BCUT2D eigenvalue weighted by atomic mass is 79.9. The fourth-order valence-electron chi connectivity index (χ4n) is 3.30. The summed E-state index contributed by atoms with van der Waals surface area (Å²) in [5.74, 6) is 1.34. The maximum Gasteiger partial charge on any atom is 0.263 e. The third-order valence-corrected chi connectivity index (χ3v) is 6.28. The quantitative estimate of drug-likeness (QED) is 0.157. The van der Waals surface area contributed by atoms with Crippen LogP contribution in [0.1, 0.15) is 23.2 Å². The lowest BCUT2D eigenvalue weighted by molar-refractivity contribution is 0.0982. The number of aromatic nitrogens is 4. The van der Waals surface area contributed by atoms with Gasteiger partial charge in [0.25, 0.3) is 5.56 Å². The second-order valence-electron chi connectivity index (χ2n) is 6.72. The van der Waals surface area contributed by atoms with Gasteiger partial charge in [-0.2, -0.15) is 0 Å². The number of allylic oxidation sites excluding steroid dienone is 1. The van der Waals surface area contributed by atoms with Crippen LogP contribution in [0.5, 0.6) is 0 Å². The van der Waals surface area contributed by atoms with Crippen LogP contribution in [-0.2, 0) is 6.54 Å². The van der Waals surface area contributed by atoms with E-state index in [9.17, 15) is 9.59 Å². The molecule has 0 atom stereocenters.